The van der Waals surface area contributed by atoms with E-state index in [0.29, 0.717) is 17.0 Å². The van der Waals surface area contributed by atoms with Crippen molar-refractivity contribution < 1.29 is 23.7 Å². The normalized spacial score (nSPS) is 16.6. The van der Waals surface area contributed by atoms with Gasteiger partial charge in [0.1, 0.15) is 12.9 Å². The first kappa shape index (κ1) is 21.3. The molecule has 3 rings (SSSR count). The highest BCUT2D eigenvalue weighted by atomic mass is 19.1. The average molecular weight is 414 g/mol. The van der Waals surface area contributed by atoms with Crippen molar-refractivity contribution in [3.8, 4) is 0 Å². The first-order valence-corrected chi connectivity index (χ1v) is 9.16. The van der Waals surface area contributed by atoms with Crippen molar-refractivity contribution in [2.45, 2.75) is 13.2 Å². The van der Waals surface area contributed by atoms with Crippen molar-refractivity contribution in [2.24, 2.45) is 5.16 Å². The van der Waals surface area contributed by atoms with Gasteiger partial charge in [-0.3, -0.25) is 15.1 Å². The number of carbonyl (C=O) groups excluding carboxylic acids is 1. The number of oxime groups is 1. The van der Waals surface area contributed by atoms with E-state index in [2.05, 4.69) is 16.0 Å². The summed E-state index contributed by atoms with van der Waals surface area (Å²) < 4.78 is 13.3. The summed E-state index contributed by atoms with van der Waals surface area (Å²) in [4.78, 5) is 28.0. The van der Waals surface area contributed by atoms with Gasteiger partial charge in [0, 0.05) is 23.7 Å². The van der Waals surface area contributed by atoms with E-state index in [9.17, 15) is 9.18 Å². The number of nitrogens with one attached hydrogen (secondary N) is 2. The summed E-state index contributed by atoms with van der Waals surface area (Å²) >= 11 is 0. The number of rotatable bonds is 8. The van der Waals surface area contributed by atoms with Crippen molar-refractivity contribution >= 4 is 17.3 Å². The topological polar surface area (TPSA) is 87.5 Å². The smallest absolute Gasteiger partial charge is 0.273 e. The van der Waals surface area contributed by atoms with Crippen LogP contribution in [0.4, 0.5) is 4.39 Å². The Morgan fingerprint density at radius 2 is 1.87 bits per heavy atom. The second kappa shape index (κ2) is 9.38. The van der Waals surface area contributed by atoms with Crippen LogP contribution < -0.4 is 10.8 Å². The van der Waals surface area contributed by atoms with Crippen LogP contribution in [0.5, 0.6) is 0 Å². The molecule has 1 amide bonds. The molecule has 1 unspecified atom stereocenters. The van der Waals surface area contributed by atoms with Gasteiger partial charge in [0.15, 0.2) is 5.71 Å². The van der Waals surface area contributed by atoms with Gasteiger partial charge in [-0.05, 0) is 31.2 Å². The molecular formula is C21H23FN4O4. The highest BCUT2D eigenvalue weighted by Gasteiger charge is 2.42. The highest BCUT2D eigenvalue weighted by Crippen LogP contribution is 2.43. The standard InChI is InChI=1S/C21H23FN4O4/c1-13(18(24-28-3)14-9-11-15(22)12-10-14)26-21(30-26)17-8-6-5-7-16(17)19(25-29-4)20(27)23-2/h5-12,21,24H,1-4H3,(H,23,27). The van der Waals surface area contributed by atoms with Crippen LogP contribution in [-0.2, 0) is 19.3 Å². The van der Waals surface area contributed by atoms with E-state index in [-0.39, 0.29) is 17.4 Å². The lowest BCUT2D eigenvalue weighted by atomic mass is 10.0. The summed E-state index contributed by atoms with van der Waals surface area (Å²) in [5, 5.41) is 8.10. The van der Waals surface area contributed by atoms with E-state index in [4.69, 9.17) is 14.5 Å². The molecule has 0 aromatic heterocycles. The molecule has 1 saturated heterocycles. The van der Waals surface area contributed by atoms with Gasteiger partial charge in [-0.2, -0.15) is 0 Å². The Balaban J connectivity index is 1.95. The number of allylic oxidation sites excluding steroid dienone is 1. The minimum Gasteiger partial charge on any atom is -0.398 e. The fourth-order valence-electron chi connectivity index (χ4n) is 3.04. The van der Waals surface area contributed by atoms with Crippen LogP contribution in [0.1, 0.15) is 29.8 Å². The van der Waals surface area contributed by atoms with Crippen molar-refractivity contribution in [3.63, 3.8) is 0 Å². The van der Waals surface area contributed by atoms with E-state index >= 15 is 0 Å². The minimum absolute atomic E-state index is 0.140. The number of hydrogen-bond donors (Lipinski definition) is 2. The number of carbonyl (C=O) groups is 1. The van der Waals surface area contributed by atoms with Crippen LogP contribution in [0.15, 0.2) is 59.4 Å². The fourth-order valence-corrected chi connectivity index (χ4v) is 3.04. The Kier molecular flexibility index (Phi) is 6.65. The lowest BCUT2D eigenvalue weighted by molar-refractivity contribution is -0.114. The molecule has 0 saturated carbocycles. The van der Waals surface area contributed by atoms with Crippen LogP contribution in [0.2, 0.25) is 0 Å². The van der Waals surface area contributed by atoms with Gasteiger partial charge in [0.25, 0.3) is 5.91 Å². The third kappa shape index (κ3) is 4.42. The van der Waals surface area contributed by atoms with Crippen molar-refractivity contribution in [1.29, 1.82) is 0 Å². The molecule has 30 heavy (non-hydrogen) atoms. The van der Waals surface area contributed by atoms with Crippen molar-refractivity contribution in [3.05, 3.63) is 76.7 Å². The number of benzene rings is 2. The molecule has 8 nitrogen and oxygen atoms in total. The zero-order valence-electron chi connectivity index (χ0n) is 17.1. The summed E-state index contributed by atoms with van der Waals surface area (Å²) in [5.41, 5.74) is 6.36. The molecule has 0 bridgehead atoms. The van der Waals surface area contributed by atoms with Crippen LogP contribution in [0, 0.1) is 5.82 Å². The third-order valence-electron chi connectivity index (χ3n) is 4.52. The van der Waals surface area contributed by atoms with Crippen molar-refractivity contribution in [2.75, 3.05) is 21.3 Å². The number of likely N-dealkylation sites (N-methyl/N-ethyl adjacent to an activating group) is 1. The Morgan fingerprint density at radius 1 is 1.17 bits per heavy atom. The van der Waals surface area contributed by atoms with E-state index < -0.39 is 6.23 Å². The zero-order chi connectivity index (χ0) is 21.7. The van der Waals surface area contributed by atoms with Gasteiger partial charge in [0.05, 0.1) is 18.5 Å². The molecule has 1 fully saturated rings. The average Bonchev–Trinajstić information content (AvgIpc) is 3.56. The molecule has 1 atom stereocenters. The maximum atomic E-state index is 13.3. The van der Waals surface area contributed by atoms with E-state index in [0.717, 1.165) is 11.1 Å². The van der Waals surface area contributed by atoms with Crippen LogP contribution >= 0.6 is 0 Å². The monoisotopic (exact) mass is 414 g/mol. The largest absolute Gasteiger partial charge is 0.398 e. The van der Waals surface area contributed by atoms with Crippen LogP contribution in [0.25, 0.3) is 5.70 Å². The van der Waals surface area contributed by atoms with Gasteiger partial charge in [-0.25, -0.2) is 14.3 Å². The maximum absolute atomic E-state index is 13.3. The van der Waals surface area contributed by atoms with Gasteiger partial charge < -0.3 is 10.2 Å². The lowest BCUT2D eigenvalue weighted by Gasteiger charge is -2.14. The maximum Gasteiger partial charge on any atom is 0.273 e. The predicted molar refractivity (Wildman–Crippen MR) is 109 cm³/mol. The molecule has 0 radical (unpaired) electrons. The second-order valence-electron chi connectivity index (χ2n) is 6.35. The molecule has 1 aliphatic rings. The number of hydrogen-bond acceptors (Lipinski definition) is 7. The Hall–Kier alpha value is -3.43. The third-order valence-corrected chi connectivity index (χ3v) is 4.52. The second-order valence-corrected chi connectivity index (χ2v) is 6.35. The quantitative estimate of drug-likeness (QED) is 0.392. The van der Waals surface area contributed by atoms with Crippen molar-refractivity contribution in [1.82, 2.24) is 15.9 Å². The molecule has 9 heteroatoms. The summed E-state index contributed by atoms with van der Waals surface area (Å²) in [7, 11) is 4.39. The first-order chi connectivity index (χ1) is 14.5. The van der Waals surface area contributed by atoms with Crippen LogP contribution in [0.3, 0.4) is 0 Å². The summed E-state index contributed by atoms with van der Waals surface area (Å²) in [5.74, 6) is -0.709. The SMILES string of the molecule is CNC(=O)C(=NOC)c1ccccc1C1ON1C(C)=C(NOC)c1ccc(F)cc1. The molecular weight excluding hydrogens is 391 g/mol. The van der Waals surface area contributed by atoms with E-state index in [1.165, 1.54) is 33.4 Å². The zero-order valence-corrected chi connectivity index (χ0v) is 17.1. The Bertz CT molecular complexity index is 975. The van der Waals surface area contributed by atoms with E-state index in [1.807, 2.05) is 19.1 Å². The van der Waals surface area contributed by atoms with Crippen LogP contribution in [-0.4, -0.2) is 37.9 Å². The molecule has 0 aliphatic carbocycles. The lowest BCUT2D eigenvalue weighted by Crippen LogP contribution is -2.29. The molecule has 2 aromatic rings. The summed E-state index contributed by atoms with van der Waals surface area (Å²) in [6.07, 6.45) is -0.443. The Morgan fingerprint density at radius 3 is 2.50 bits per heavy atom. The van der Waals surface area contributed by atoms with Gasteiger partial charge >= 0.3 is 0 Å². The minimum atomic E-state index is -0.443. The molecule has 1 aliphatic heterocycles. The molecule has 0 spiro atoms. The predicted octanol–water partition coefficient (Wildman–Crippen LogP) is 2.71. The first-order valence-electron chi connectivity index (χ1n) is 9.16. The summed E-state index contributed by atoms with van der Waals surface area (Å²) in [6, 6.07) is 13.3. The Labute approximate surface area is 173 Å². The number of hydroxylamine groups is 3. The number of halogens is 1. The molecule has 158 valence electrons. The highest BCUT2D eigenvalue weighted by molar-refractivity contribution is 6.45. The van der Waals surface area contributed by atoms with Gasteiger partial charge in [-0.1, -0.05) is 29.4 Å². The summed E-state index contributed by atoms with van der Waals surface area (Å²) in [6.45, 7) is 1.84. The van der Waals surface area contributed by atoms with E-state index in [1.54, 1.807) is 29.3 Å². The molecule has 2 N–H and O–H groups in total. The van der Waals surface area contributed by atoms with Gasteiger partial charge in [0.2, 0.25) is 6.23 Å². The number of nitrogens with zero attached hydrogens (tertiary/aromatic N) is 2. The molecule has 1 heterocycles. The van der Waals surface area contributed by atoms with Gasteiger partial charge in [-0.15, -0.1) is 0 Å². The number of amides is 1. The fraction of sp³-hybridized carbons (Fsp3) is 0.238. The molecule has 2 aromatic carbocycles.